The second kappa shape index (κ2) is 4.11. The van der Waals surface area contributed by atoms with E-state index in [2.05, 4.69) is 13.5 Å². The molecule has 0 spiro atoms. The largest absolute Gasteiger partial charge is 0.420 e. The molecule has 1 saturated heterocycles. The molecule has 1 rings (SSSR count). The van der Waals surface area contributed by atoms with Crippen LogP contribution in [0.5, 0.6) is 0 Å². The molecule has 60 valence electrons. The maximum atomic E-state index is 5.65. The van der Waals surface area contributed by atoms with Crippen LogP contribution in [0.15, 0.2) is 0 Å². The molecule has 0 aromatic rings. The summed E-state index contributed by atoms with van der Waals surface area (Å²) in [5.41, 5.74) is 0.798. The normalized spacial score (nSPS) is 22.2. The van der Waals surface area contributed by atoms with Gasteiger partial charge in [0.1, 0.15) is 0 Å². The summed E-state index contributed by atoms with van der Waals surface area (Å²) in [4.78, 5) is 0. The molecule has 1 aliphatic heterocycles. The van der Waals surface area contributed by atoms with Gasteiger partial charge in [0.2, 0.25) is 0 Å². The molecule has 0 aromatic heterocycles. The summed E-state index contributed by atoms with van der Waals surface area (Å²) in [5.74, 6) is 0. The Bertz CT molecular complexity index is 93.6. The number of hydrogen-bond donors (Lipinski definition) is 0. The first-order valence-electron chi connectivity index (χ1n) is 4.04. The summed E-state index contributed by atoms with van der Waals surface area (Å²) < 4.78 is 10.7. The quantitative estimate of drug-likeness (QED) is 0.575. The Balaban J connectivity index is 2.02. The van der Waals surface area contributed by atoms with E-state index in [0.29, 0.717) is 0 Å². The summed E-state index contributed by atoms with van der Waals surface area (Å²) in [7, 11) is -0.852. The first-order chi connectivity index (χ1) is 4.84. The SMILES string of the molecule is CCCO[SiH](C)C1COC1. The van der Waals surface area contributed by atoms with Gasteiger partial charge in [-0.3, -0.25) is 0 Å². The highest BCUT2D eigenvalue weighted by atomic mass is 28.3. The second-order valence-corrected chi connectivity index (χ2v) is 5.56. The number of rotatable bonds is 4. The van der Waals surface area contributed by atoms with Gasteiger partial charge in [-0.05, 0) is 13.0 Å². The highest BCUT2D eigenvalue weighted by molar-refractivity contribution is 6.52. The van der Waals surface area contributed by atoms with E-state index in [1.807, 2.05) is 0 Å². The highest BCUT2D eigenvalue weighted by Gasteiger charge is 2.26. The average Bonchev–Trinajstić information content (AvgIpc) is 1.79. The minimum atomic E-state index is -0.852. The van der Waals surface area contributed by atoms with Crippen LogP contribution in [0.2, 0.25) is 12.1 Å². The van der Waals surface area contributed by atoms with Crippen molar-refractivity contribution in [2.45, 2.75) is 25.4 Å². The Kier molecular flexibility index (Phi) is 3.38. The predicted octanol–water partition coefficient (Wildman–Crippen LogP) is 1.17. The zero-order valence-corrected chi connectivity index (χ0v) is 7.95. The smallest absolute Gasteiger partial charge is 0.181 e. The molecule has 1 atom stereocenters. The molecule has 0 amide bonds. The van der Waals surface area contributed by atoms with Crippen LogP contribution in [-0.2, 0) is 9.16 Å². The molecule has 0 N–H and O–H groups in total. The Labute approximate surface area is 64.3 Å². The molecule has 0 bridgehead atoms. The third kappa shape index (κ3) is 2.07. The van der Waals surface area contributed by atoms with E-state index in [1.54, 1.807) is 0 Å². The fourth-order valence-corrected chi connectivity index (χ4v) is 2.66. The number of hydrogen-bond acceptors (Lipinski definition) is 2. The molecule has 1 aliphatic rings. The first kappa shape index (κ1) is 8.24. The summed E-state index contributed by atoms with van der Waals surface area (Å²) in [6, 6.07) is 0. The van der Waals surface area contributed by atoms with Gasteiger partial charge in [-0.15, -0.1) is 0 Å². The van der Waals surface area contributed by atoms with Crippen LogP contribution in [0.4, 0.5) is 0 Å². The Morgan fingerprint density at radius 3 is 2.70 bits per heavy atom. The van der Waals surface area contributed by atoms with Gasteiger partial charge >= 0.3 is 0 Å². The first-order valence-corrected chi connectivity index (χ1v) is 6.33. The lowest BCUT2D eigenvalue weighted by atomic mass is 10.4. The van der Waals surface area contributed by atoms with E-state index in [-0.39, 0.29) is 0 Å². The standard InChI is InChI=1S/C7H16O2Si/c1-3-4-9-10(2)7-5-8-6-7/h7,10H,3-6H2,1-2H3. The van der Waals surface area contributed by atoms with Crippen molar-refractivity contribution in [1.82, 2.24) is 0 Å². The third-order valence-corrected chi connectivity index (χ3v) is 4.39. The van der Waals surface area contributed by atoms with Crippen molar-refractivity contribution in [1.29, 1.82) is 0 Å². The minimum absolute atomic E-state index is 0.798. The molecule has 1 unspecified atom stereocenters. The van der Waals surface area contributed by atoms with Crippen molar-refractivity contribution >= 4 is 9.04 Å². The molecular formula is C7H16O2Si. The Morgan fingerprint density at radius 2 is 2.30 bits per heavy atom. The molecule has 3 heteroatoms. The van der Waals surface area contributed by atoms with Gasteiger partial charge in [-0.2, -0.15) is 0 Å². The van der Waals surface area contributed by atoms with Gasteiger partial charge in [-0.1, -0.05) is 6.92 Å². The van der Waals surface area contributed by atoms with Crippen molar-refractivity contribution in [3.05, 3.63) is 0 Å². The van der Waals surface area contributed by atoms with Gasteiger partial charge in [0.05, 0.1) is 13.2 Å². The zero-order chi connectivity index (χ0) is 7.40. The average molecular weight is 160 g/mol. The van der Waals surface area contributed by atoms with Crippen molar-refractivity contribution in [3.8, 4) is 0 Å². The molecule has 1 heterocycles. The van der Waals surface area contributed by atoms with E-state index in [4.69, 9.17) is 9.16 Å². The molecule has 2 nitrogen and oxygen atoms in total. The summed E-state index contributed by atoms with van der Waals surface area (Å²) >= 11 is 0. The van der Waals surface area contributed by atoms with Crippen LogP contribution in [0.25, 0.3) is 0 Å². The van der Waals surface area contributed by atoms with Gasteiger partial charge in [0.25, 0.3) is 0 Å². The van der Waals surface area contributed by atoms with Crippen LogP contribution in [0.3, 0.4) is 0 Å². The Hall–Kier alpha value is 0.137. The molecule has 0 saturated carbocycles. The Morgan fingerprint density at radius 1 is 1.60 bits per heavy atom. The van der Waals surface area contributed by atoms with E-state index >= 15 is 0 Å². The summed E-state index contributed by atoms with van der Waals surface area (Å²) in [6.07, 6.45) is 1.14. The van der Waals surface area contributed by atoms with Crippen molar-refractivity contribution < 1.29 is 9.16 Å². The molecule has 0 aromatic carbocycles. The maximum absolute atomic E-state index is 5.65. The summed E-state index contributed by atoms with van der Waals surface area (Å²) in [6.45, 7) is 7.28. The maximum Gasteiger partial charge on any atom is 0.181 e. The van der Waals surface area contributed by atoms with E-state index in [9.17, 15) is 0 Å². The van der Waals surface area contributed by atoms with Crippen LogP contribution in [0, 0.1) is 0 Å². The molecular weight excluding hydrogens is 144 g/mol. The van der Waals surface area contributed by atoms with E-state index in [0.717, 1.165) is 31.8 Å². The minimum Gasteiger partial charge on any atom is -0.420 e. The molecule has 0 radical (unpaired) electrons. The lowest BCUT2D eigenvalue weighted by Gasteiger charge is -2.30. The van der Waals surface area contributed by atoms with Crippen LogP contribution < -0.4 is 0 Å². The van der Waals surface area contributed by atoms with Crippen molar-refractivity contribution in [2.24, 2.45) is 0 Å². The third-order valence-electron chi connectivity index (χ3n) is 1.91. The number of ether oxygens (including phenoxy) is 1. The fraction of sp³-hybridized carbons (Fsp3) is 1.00. The topological polar surface area (TPSA) is 18.5 Å². The highest BCUT2D eigenvalue weighted by Crippen LogP contribution is 2.20. The van der Waals surface area contributed by atoms with Crippen LogP contribution >= 0.6 is 0 Å². The van der Waals surface area contributed by atoms with Crippen LogP contribution in [-0.4, -0.2) is 28.9 Å². The van der Waals surface area contributed by atoms with Gasteiger partial charge in [0.15, 0.2) is 9.04 Å². The van der Waals surface area contributed by atoms with Gasteiger partial charge in [0, 0.05) is 12.1 Å². The molecule has 0 aliphatic carbocycles. The van der Waals surface area contributed by atoms with E-state index < -0.39 is 9.04 Å². The monoisotopic (exact) mass is 160 g/mol. The van der Waals surface area contributed by atoms with Gasteiger partial charge < -0.3 is 9.16 Å². The van der Waals surface area contributed by atoms with Crippen molar-refractivity contribution in [2.75, 3.05) is 19.8 Å². The molecule has 1 fully saturated rings. The summed E-state index contributed by atoms with van der Waals surface area (Å²) in [5, 5.41) is 0. The predicted molar refractivity (Wildman–Crippen MR) is 43.8 cm³/mol. The van der Waals surface area contributed by atoms with Gasteiger partial charge in [-0.25, -0.2) is 0 Å². The fourth-order valence-electron chi connectivity index (χ4n) is 0.965. The lowest BCUT2D eigenvalue weighted by molar-refractivity contribution is 0.0283. The molecule has 10 heavy (non-hydrogen) atoms. The van der Waals surface area contributed by atoms with Crippen LogP contribution in [0.1, 0.15) is 13.3 Å². The van der Waals surface area contributed by atoms with E-state index in [1.165, 1.54) is 0 Å². The van der Waals surface area contributed by atoms with Crippen molar-refractivity contribution in [3.63, 3.8) is 0 Å². The lowest BCUT2D eigenvalue weighted by Crippen LogP contribution is -2.35. The second-order valence-electron chi connectivity index (χ2n) is 2.87. The zero-order valence-electron chi connectivity index (χ0n) is 6.80.